The highest BCUT2D eigenvalue weighted by atomic mass is 19.1. The number of ether oxygens (including phenoxy) is 1. The van der Waals surface area contributed by atoms with Crippen LogP contribution < -0.4 is 20.3 Å². The zero-order valence-electron chi connectivity index (χ0n) is 19.8. The Bertz CT molecular complexity index is 1440. The molecule has 0 atom stereocenters. The number of halogens is 2. The Kier molecular flexibility index (Phi) is 5.80. The lowest BCUT2D eigenvalue weighted by atomic mass is 10.1. The van der Waals surface area contributed by atoms with Crippen molar-refractivity contribution < 1.29 is 13.5 Å². The molecule has 184 valence electrons. The van der Waals surface area contributed by atoms with Crippen molar-refractivity contribution in [2.24, 2.45) is 0 Å². The molecule has 10 heteroatoms. The molecule has 8 nitrogen and oxygen atoms in total. The van der Waals surface area contributed by atoms with Crippen LogP contribution in [0.4, 0.5) is 26.1 Å². The van der Waals surface area contributed by atoms with E-state index in [1.807, 2.05) is 6.20 Å². The summed E-state index contributed by atoms with van der Waals surface area (Å²) in [6.45, 7) is 3.45. The molecule has 2 fully saturated rings. The summed E-state index contributed by atoms with van der Waals surface area (Å²) in [5.74, 6) is 0.526. The van der Waals surface area contributed by atoms with Gasteiger partial charge in [-0.3, -0.25) is 4.98 Å². The molecule has 1 aliphatic heterocycles. The second-order valence-corrected chi connectivity index (χ2v) is 9.00. The third kappa shape index (κ3) is 4.17. The normalized spacial score (nSPS) is 15.8. The highest BCUT2D eigenvalue weighted by Gasteiger charge is 2.29. The van der Waals surface area contributed by atoms with E-state index in [-0.39, 0.29) is 17.3 Å². The molecule has 4 heterocycles. The molecule has 1 saturated heterocycles. The Morgan fingerprint density at radius 1 is 1.08 bits per heavy atom. The number of hydrogen-bond donors (Lipinski definition) is 2. The highest BCUT2D eigenvalue weighted by Crippen LogP contribution is 2.45. The van der Waals surface area contributed by atoms with Crippen molar-refractivity contribution in [3.8, 4) is 17.1 Å². The van der Waals surface area contributed by atoms with Gasteiger partial charge in [0.05, 0.1) is 18.8 Å². The largest absolute Gasteiger partial charge is 0.494 e. The van der Waals surface area contributed by atoms with E-state index in [9.17, 15) is 8.78 Å². The number of piperazine rings is 1. The summed E-state index contributed by atoms with van der Waals surface area (Å²) in [6, 6.07) is 5.85. The van der Waals surface area contributed by atoms with E-state index < -0.39 is 11.6 Å². The Morgan fingerprint density at radius 2 is 1.92 bits per heavy atom. The van der Waals surface area contributed by atoms with Crippen molar-refractivity contribution >= 4 is 28.2 Å². The zero-order valence-corrected chi connectivity index (χ0v) is 19.8. The van der Waals surface area contributed by atoms with Gasteiger partial charge < -0.3 is 20.3 Å². The molecule has 0 spiro atoms. The first-order valence-electron chi connectivity index (χ1n) is 12.0. The van der Waals surface area contributed by atoms with Gasteiger partial charge in [-0.1, -0.05) is 0 Å². The maximum atomic E-state index is 14.7. The summed E-state index contributed by atoms with van der Waals surface area (Å²) < 4.78 is 34.1. The van der Waals surface area contributed by atoms with Gasteiger partial charge in [-0.05, 0) is 48.6 Å². The molecule has 2 N–H and O–H groups in total. The number of nitrogens with one attached hydrogen (secondary N) is 2. The van der Waals surface area contributed by atoms with E-state index in [2.05, 4.69) is 25.5 Å². The number of pyridine rings is 2. The smallest absolute Gasteiger partial charge is 0.191 e. The minimum Gasteiger partial charge on any atom is -0.494 e. The van der Waals surface area contributed by atoms with Crippen LogP contribution in [0.5, 0.6) is 5.75 Å². The second-order valence-electron chi connectivity index (χ2n) is 9.00. The summed E-state index contributed by atoms with van der Waals surface area (Å²) in [4.78, 5) is 20.9. The molecule has 3 aromatic heterocycles. The van der Waals surface area contributed by atoms with Crippen molar-refractivity contribution in [2.75, 3.05) is 43.5 Å². The van der Waals surface area contributed by atoms with Crippen LogP contribution in [0.1, 0.15) is 24.3 Å². The van der Waals surface area contributed by atoms with Gasteiger partial charge in [0.2, 0.25) is 0 Å². The Hall–Kier alpha value is -3.92. The second kappa shape index (κ2) is 9.27. The molecule has 2 aliphatic rings. The summed E-state index contributed by atoms with van der Waals surface area (Å²) in [5.41, 5.74) is 2.33. The third-order valence-corrected chi connectivity index (χ3v) is 6.60. The number of benzene rings is 1. The zero-order chi connectivity index (χ0) is 24.6. The maximum absolute atomic E-state index is 14.7. The number of rotatable bonds is 6. The van der Waals surface area contributed by atoms with Crippen LogP contribution in [0.25, 0.3) is 22.3 Å². The summed E-state index contributed by atoms with van der Waals surface area (Å²) in [6.07, 6.45) is 7.59. The van der Waals surface area contributed by atoms with Crippen molar-refractivity contribution in [2.45, 2.75) is 18.8 Å². The lowest BCUT2D eigenvalue weighted by Crippen LogP contribution is -2.44. The van der Waals surface area contributed by atoms with Crippen molar-refractivity contribution in [3.05, 3.63) is 60.1 Å². The number of methoxy groups -OCH3 is 1. The van der Waals surface area contributed by atoms with Crippen molar-refractivity contribution in [1.29, 1.82) is 0 Å². The molecular weight excluding hydrogens is 464 g/mol. The third-order valence-electron chi connectivity index (χ3n) is 6.60. The van der Waals surface area contributed by atoms with E-state index in [0.29, 0.717) is 17.3 Å². The highest BCUT2D eigenvalue weighted by molar-refractivity contribution is 5.94. The fraction of sp³-hybridized carbons (Fsp3) is 0.308. The molecule has 4 aromatic rings. The number of fused-ring (bicyclic) bond motifs is 1. The van der Waals surface area contributed by atoms with Gasteiger partial charge in [0.25, 0.3) is 0 Å². The Morgan fingerprint density at radius 3 is 2.69 bits per heavy atom. The predicted molar refractivity (Wildman–Crippen MR) is 134 cm³/mol. The van der Waals surface area contributed by atoms with Gasteiger partial charge in [-0.15, -0.1) is 0 Å². The topological polar surface area (TPSA) is 88.1 Å². The standard InChI is InChI=1S/C26H25F2N7O/c1-36-20-5-4-18(27)24(23(20)28)33-21-12-16(6-7-31-21)25-32-19-14-30-13-17(15-2-3-15)22(19)26(34-25)35-10-8-29-9-11-35/h4-7,12-15,29H,2-3,8-11H2,1H3,(H,31,33). The van der Waals surface area contributed by atoms with Crippen LogP contribution >= 0.6 is 0 Å². The van der Waals surface area contributed by atoms with Gasteiger partial charge in [-0.2, -0.15) is 0 Å². The van der Waals surface area contributed by atoms with Crippen LogP contribution in [0.2, 0.25) is 0 Å². The minimum absolute atomic E-state index is 0.0625. The van der Waals surface area contributed by atoms with Crippen LogP contribution in [-0.4, -0.2) is 53.2 Å². The van der Waals surface area contributed by atoms with Gasteiger partial charge in [0.1, 0.15) is 23.1 Å². The van der Waals surface area contributed by atoms with Crippen LogP contribution in [0, 0.1) is 11.6 Å². The van der Waals surface area contributed by atoms with Gasteiger partial charge in [-0.25, -0.2) is 23.7 Å². The molecular formula is C26H25F2N7O. The Labute approximate surface area is 206 Å². The first-order valence-corrected chi connectivity index (χ1v) is 12.0. The molecule has 6 rings (SSSR count). The average molecular weight is 490 g/mol. The average Bonchev–Trinajstić information content (AvgIpc) is 3.76. The molecule has 0 unspecified atom stereocenters. The van der Waals surface area contributed by atoms with Gasteiger partial charge >= 0.3 is 0 Å². The lowest BCUT2D eigenvalue weighted by Gasteiger charge is -2.30. The van der Waals surface area contributed by atoms with E-state index in [1.54, 1.807) is 24.5 Å². The van der Waals surface area contributed by atoms with E-state index >= 15 is 0 Å². The molecule has 1 aliphatic carbocycles. The summed E-state index contributed by atoms with van der Waals surface area (Å²) in [5, 5.41) is 7.20. The van der Waals surface area contributed by atoms with Crippen LogP contribution in [0.3, 0.4) is 0 Å². The van der Waals surface area contributed by atoms with Crippen LogP contribution in [0.15, 0.2) is 42.9 Å². The predicted octanol–water partition coefficient (Wildman–Crippen LogP) is 4.40. The van der Waals surface area contributed by atoms with E-state index in [1.165, 1.54) is 18.7 Å². The first-order chi connectivity index (χ1) is 17.6. The monoisotopic (exact) mass is 489 g/mol. The lowest BCUT2D eigenvalue weighted by molar-refractivity contribution is 0.385. The van der Waals surface area contributed by atoms with Crippen LogP contribution in [-0.2, 0) is 0 Å². The molecule has 36 heavy (non-hydrogen) atoms. The van der Waals surface area contributed by atoms with E-state index in [0.717, 1.165) is 61.8 Å². The fourth-order valence-corrected chi connectivity index (χ4v) is 4.60. The number of aromatic nitrogens is 4. The molecule has 0 amide bonds. The number of hydrogen-bond acceptors (Lipinski definition) is 8. The quantitative estimate of drug-likeness (QED) is 0.412. The number of nitrogens with zero attached hydrogens (tertiary/aromatic N) is 5. The van der Waals surface area contributed by atoms with Gasteiger partial charge in [0, 0.05) is 49.5 Å². The number of anilines is 3. The maximum Gasteiger partial charge on any atom is 0.191 e. The van der Waals surface area contributed by atoms with Crippen molar-refractivity contribution in [1.82, 2.24) is 25.3 Å². The molecule has 0 radical (unpaired) electrons. The van der Waals surface area contributed by atoms with Gasteiger partial charge in [0.15, 0.2) is 17.4 Å². The SMILES string of the molecule is COc1ccc(F)c(Nc2cc(-c3nc(N4CCNCC4)c4c(C5CC5)cncc4n3)ccn2)c1F. The molecule has 0 bridgehead atoms. The minimum atomic E-state index is -0.827. The Balaban J connectivity index is 1.43. The first kappa shape index (κ1) is 22.5. The molecule has 1 aromatic carbocycles. The summed E-state index contributed by atoms with van der Waals surface area (Å²) >= 11 is 0. The fourth-order valence-electron chi connectivity index (χ4n) is 4.60. The summed E-state index contributed by atoms with van der Waals surface area (Å²) in [7, 11) is 1.33. The molecule has 1 saturated carbocycles. The van der Waals surface area contributed by atoms with Crippen molar-refractivity contribution in [3.63, 3.8) is 0 Å². The van der Waals surface area contributed by atoms with E-state index in [4.69, 9.17) is 14.7 Å².